The molecule has 0 N–H and O–H groups in total. The fraction of sp³-hybridized carbons (Fsp3) is 0.500. The third kappa shape index (κ3) is 2.88. The van der Waals surface area contributed by atoms with Crippen LogP contribution in [0.5, 0.6) is 5.75 Å². The molecule has 1 atom stereocenters. The first-order valence-corrected chi connectivity index (χ1v) is 8.08. The standard InChI is InChI=1S/C18H24N2O2/c1-4-21-17-10-6-5-8-15(17)12-20-11-7-9-16(20)18-13(2)19-22-14(18)3/h5-6,8,10,16H,4,7,9,11-12H2,1-3H3/t16-/m0/s1. The zero-order valence-electron chi connectivity index (χ0n) is 13.6. The van der Waals surface area contributed by atoms with E-state index in [1.807, 2.05) is 26.8 Å². The Balaban J connectivity index is 1.83. The summed E-state index contributed by atoms with van der Waals surface area (Å²) in [6.07, 6.45) is 2.38. The first-order valence-electron chi connectivity index (χ1n) is 8.08. The van der Waals surface area contributed by atoms with Gasteiger partial charge in [0.1, 0.15) is 11.5 Å². The summed E-state index contributed by atoms with van der Waals surface area (Å²) in [5.74, 6) is 1.95. The molecule has 118 valence electrons. The smallest absolute Gasteiger partial charge is 0.138 e. The van der Waals surface area contributed by atoms with E-state index in [-0.39, 0.29) is 0 Å². The molecular weight excluding hydrogens is 276 g/mol. The van der Waals surface area contributed by atoms with E-state index < -0.39 is 0 Å². The molecule has 1 aromatic heterocycles. The zero-order chi connectivity index (χ0) is 15.5. The van der Waals surface area contributed by atoms with Crippen LogP contribution in [0, 0.1) is 13.8 Å². The maximum Gasteiger partial charge on any atom is 0.138 e. The molecule has 0 radical (unpaired) electrons. The molecule has 1 aromatic carbocycles. The van der Waals surface area contributed by atoms with Gasteiger partial charge in [0, 0.05) is 23.7 Å². The Morgan fingerprint density at radius 2 is 2.14 bits per heavy atom. The number of aromatic nitrogens is 1. The Labute approximate surface area is 132 Å². The number of likely N-dealkylation sites (tertiary alicyclic amines) is 1. The van der Waals surface area contributed by atoms with Crippen LogP contribution in [0.1, 0.15) is 48.4 Å². The van der Waals surface area contributed by atoms with Crippen molar-refractivity contribution < 1.29 is 9.26 Å². The van der Waals surface area contributed by atoms with Gasteiger partial charge in [-0.25, -0.2) is 0 Å². The molecule has 0 bridgehead atoms. The number of para-hydroxylation sites is 1. The number of ether oxygens (including phenoxy) is 1. The van der Waals surface area contributed by atoms with Crippen molar-refractivity contribution in [3.63, 3.8) is 0 Å². The van der Waals surface area contributed by atoms with E-state index in [1.165, 1.54) is 24.0 Å². The van der Waals surface area contributed by atoms with Crippen LogP contribution in [0.15, 0.2) is 28.8 Å². The Bertz CT molecular complexity index is 616. The number of rotatable bonds is 5. The minimum Gasteiger partial charge on any atom is -0.494 e. The van der Waals surface area contributed by atoms with E-state index in [2.05, 4.69) is 28.3 Å². The molecule has 4 heteroatoms. The number of hydrogen-bond acceptors (Lipinski definition) is 4. The molecule has 1 fully saturated rings. The second-order valence-corrected chi connectivity index (χ2v) is 5.91. The van der Waals surface area contributed by atoms with Crippen molar-refractivity contribution in [2.75, 3.05) is 13.2 Å². The van der Waals surface area contributed by atoms with Crippen LogP contribution in [0.4, 0.5) is 0 Å². The van der Waals surface area contributed by atoms with E-state index in [4.69, 9.17) is 9.26 Å². The summed E-state index contributed by atoms with van der Waals surface area (Å²) in [5.41, 5.74) is 3.54. The van der Waals surface area contributed by atoms with Crippen molar-refractivity contribution in [3.05, 3.63) is 46.8 Å². The third-order valence-corrected chi connectivity index (χ3v) is 4.43. The van der Waals surface area contributed by atoms with E-state index in [0.29, 0.717) is 12.6 Å². The number of aryl methyl sites for hydroxylation is 2. The fourth-order valence-corrected chi connectivity index (χ4v) is 3.46. The molecule has 1 saturated heterocycles. The van der Waals surface area contributed by atoms with Crippen molar-refractivity contribution in [1.82, 2.24) is 10.1 Å². The van der Waals surface area contributed by atoms with Gasteiger partial charge in [0.2, 0.25) is 0 Å². The fourth-order valence-electron chi connectivity index (χ4n) is 3.46. The van der Waals surface area contributed by atoms with Gasteiger partial charge in [-0.1, -0.05) is 23.4 Å². The van der Waals surface area contributed by atoms with Gasteiger partial charge in [-0.3, -0.25) is 4.90 Å². The molecule has 3 rings (SSSR count). The minimum absolute atomic E-state index is 0.404. The molecule has 1 aliphatic rings. The molecular formula is C18H24N2O2. The summed E-state index contributed by atoms with van der Waals surface area (Å²) in [4.78, 5) is 2.52. The molecule has 1 aliphatic heterocycles. The van der Waals surface area contributed by atoms with E-state index in [9.17, 15) is 0 Å². The maximum atomic E-state index is 5.76. The predicted octanol–water partition coefficient (Wildman–Crippen LogP) is 4.03. The summed E-state index contributed by atoms with van der Waals surface area (Å²) >= 11 is 0. The lowest BCUT2D eigenvalue weighted by Gasteiger charge is -2.25. The highest BCUT2D eigenvalue weighted by molar-refractivity contribution is 5.34. The topological polar surface area (TPSA) is 38.5 Å². The second-order valence-electron chi connectivity index (χ2n) is 5.91. The van der Waals surface area contributed by atoms with Crippen LogP contribution in [0.2, 0.25) is 0 Å². The van der Waals surface area contributed by atoms with Crippen LogP contribution >= 0.6 is 0 Å². The predicted molar refractivity (Wildman–Crippen MR) is 86.0 cm³/mol. The molecule has 2 heterocycles. The van der Waals surface area contributed by atoms with Crippen LogP contribution in [0.3, 0.4) is 0 Å². The van der Waals surface area contributed by atoms with E-state index in [0.717, 1.165) is 30.3 Å². The summed E-state index contributed by atoms with van der Waals surface area (Å²) < 4.78 is 11.1. The number of benzene rings is 1. The van der Waals surface area contributed by atoms with Crippen LogP contribution in [-0.2, 0) is 6.54 Å². The normalized spacial score (nSPS) is 18.8. The Morgan fingerprint density at radius 3 is 2.86 bits per heavy atom. The molecule has 0 saturated carbocycles. The molecule has 0 amide bonds. The minimum atomic E-state index is 0.404. The van der Waals surface area contributed by atoms with Gasteiger partial charge in [-0.2, -0.15) is 0 Å². The molecule has 0 unspecified atom stereocenters. The maximum absolute atomic E-state index is 5.76. The molecule has 0 spiro atoms. The lowest BCUT2D eigenvalue weighted by Crippen LogP contribution is -2.23. The Hall–Kier alpha value is -1.81. The average molecular weight is 300 g/mol. The average Bonchev–Trinajstić information content (AvgIpc) is 3.08. The summed E-state index contributed by atoms with van der Waals surface area (Å²) in [6, 6.07) is 8.73. The Morgan fingerprint density at radius 1 is 1.32 bits per heavy atom. The quantitative estimate of drug-likeness (QED) is 0.835. The lowest BCUT2D eigenvalue weighted by atomic mass is 10.0. The van der Waals surface area contributed by atoms with E-state index >= 15 is 0 Å². The first kappa shape index (κ1) is 15.1. The van der Waals surface area contributed by atoms with Gasteiger partial charge < -0.3 is 9.26 Å². The van der Waals surface area contributed by atoms with Crippen molar-refractivity contribution in [3.8, 4) is 5.75 Å². The van der Waals surface area contributed by atoms with Crippen LogP contribution in [0.25, 0.3) is 0 Å². The Kier molecular flexibility index (Phi) is 4.48. The highest BCUT2D eigenvalue weighted by Gasteiger charge is 2.31. The first-order chi connectivity index (χ1) is 10.7. The van der Waals surface area contributed by atoms with Crippen LogP contribution in [-0.4, -0.2) is 23.2 Å². The van der Waals surface area contributed by atoms with Gasteiger partial charge in [-0.05, 0) is 46.2 Å². The van der Waals surface area contributed by atoms with Gasteiger partial charge >= 0.3 is 0 Å². The SMILES string of the molecule is CCOc1ccccc1CN1CCC[C@H]1c1c(C)noc1C. The number of hydrogen-bond donors (Lipinski definition) is 0. The summed E-state index contributed by atoms with van der Waals surface area (Å²) in [6.45, 7) is 8.79. The van der Waals surface area contributed by atoms with Crippen molar-refractivity contribution in [2.45, 2.75) is 46.2 Å². The van der Waals surface area contributed by atoms with Crippen LogP contribution < -0.4 is 4.74 Å². The molecule has 4 nitrogen and oxygen atoms in total. The molecule has 2 aromatic rings. The van der Waals surface area contributed by atoms with Crippen molar-refractivity contribution >= 4 is 0 Å². The van der Waals surface area contributed by atoms with Gasteiger partial charge in [-0.15, -0.1) is 0 Å². The lowest BCUT2D eigenvalue weighted by molar-refractivity contribution is 0.239. The van der Waals surface area contributed by atoms with Gasteiger partial charge in [0.25, 0.3) is 0 Å². The largest absolute Gasteiger partial charge is 0.494 e. The number of nitrogens with zero attached hydrogens (tertiary/aromatic N) is 2. The second kappa shape index (κ2) is 6.53. The summed E-state index contributed by atoms with van der Waals surface area (Å²) in [5, 5.41) is 4.12. The van der Waals surface area contributed by atoms with E-state index in [1.54, 1.807) is 0 Å². The third-order valence-electron chi connectivity index (χ3n) is 4.43. The van der Waals surface area contributed by atoms with Crippen molar-refractivity contribution in [2.24, 2.45) is 0 Å². The molecule has 0 aliphatic carbocycles. The van der Waals surface area contributed by atoms with Gasteiger partial charge in [0.05, 0.1) is 12.3 Å². The highest BCUT2D eigenvalue weighted by atomic mass is 16.5. The summed E-state index contributed by atoms with van der Waals surface area (Å²) in [7, 11) is 0. The van der Waals surface area contributed by atoms with Gasteiger partial charge in [0.15, 0.2) is 0 Å². The molecule has 22 heavy (non-hydrogen) atoms. The monoisotopic (exact) mass is 300 g/mol. The van der Waals surface area contributed by atoms with Crippen molar-refractivity contribution in [1.29, 1.82) is 0 Å². The highest BCUT2D eigenvalue weighted by Crippen LogP contribution is 2.37. The zero-order valence-corrected chi connectivity index (χ0v) is 13.6.